The molecule has 0 nitrogen and oxygen atoms in total. The van der Waals surface area contributed by atoms with E-state index in [-0.39, 0.29) is 0 Å². The number of allylic oxidation sites excluding steroid dienone is 17. The molecular weight excluding hydrogens is 336 g/mol. The Morgan fingerprint density at radius 3 is 1.21 bits per heavy atom. The molecule has 0 rings (SSSR count). The summed E-state index contributed by atoms with van der Waals surface area (Å²) in [5, 5.41) is 0. The lowest BCUT2D eigenvalue weighted by Gasteiger charge is -1.99. The molecule has 0 atom stereocenters. The molecule has 0 spiro atoms. The normalized spacial score (nSPS) is 13.5. The van der Waals surface area contributed by atoms with Gasteiger partial charge in [-0.2, -0.15) is 0 Å². The second-order valence-corrected chi connectivity index (χ2v) is 6.62. The lowest BCUT2D eigenvalue weighted by Crippen LogP contribution is -1.79. The van der Waals surface area contributed by atoms with E-state index in [0.717, 1.165) is 0 Å². The smallest absolute Gasteiger partial charge is 0.0348 e. The SMILES string of the molecule is C=C/C=C/C=C/C=C/C=C/C=C/C=C/C=C/C=C/CCCCCCCCCC. The van der Waals surface area contributed by atoms with E-state index in [1.165, 1.54) is 57.8 Å². The van der Waals surface area contributed by atoms with Crippen molar-refractivity contribution in [2.24, 2.45) is 0 Å². The second-order valence-electron chi connectivity index (χ2n) is 6.62. The highest BCUT2D eigenvalue weighted by Gasteiger charge is 1.89. The fourth-order valence-electron chi connectivity index (χ4n) is 2.48. The van der Waals surface area contributed by atoms with Gasteiger partial charge in [0.25, 0.3) is 0 Å². The Labute approximate surface area is 174 Å². The number of unbranched alkanes of at least 4 members (excludes halogenated alkanes) is 8. The molecule has 0 aromatic rings. The first-order chi connectivity index (χ1) is 13.9. The van der Waals surface area contributed by atoms with Gasteiger partial charge in [-0.25, -0.2) is 0 Å². The predicted octanol–water partition coefficient (Wildman–Crippen LogP) is 9.15. The van der Waals surface area contributed by atoms with Crippen LogP contribution in [0.2, 0.25) is 0 Å². The average molecular weight is 377 g/mol. The molecule has 0 unspecified atom stereocenters. The van der Waals surface area contributed by atoms with Crippen LogP contribution in [0.4, 0.5) is 0 Å². The van der Waals surface area contributed by atoms with Crippen LogP contribution in [-0.4, -0.2) is 0 Å². The Hall–Kier alpha value is -2.34. The van der Waals surface area contributed by atoms with E-state index in [1.807, 2.05) is 66.8 Å². The van der Waals surface area contributed by atoms with Crippen molar-refractivity contribution in [1.29, 1.82) is 0 Å². The number of hydrogen-bond donors (Lipinski definition) is 0. The van der Waals surface area contributed by atoms with Gasteiger partial charge in [0.2, 0.25) is 0 Å². The highest BCUT2D eigenvalue weighted by molar-refractivity contribution is 5.21. The van der Waals surface area contributed by atoms with Gasteiger partial charge in [0.1, 0.15) is 0 Å². The van der Waals surface area contributed by atoms with Gasteiger partial charge < -0.3 is 0 Å². The highest BCUT2D eigenvalue weighted by Crippen LogP contribution is 2.09. The zero-order valence-corrected chi connectivity index (χ0v) is 17.9. The van der Waals surface area contributed by atoms with Crippen LogP contribution >= 0.6 is 0 Å². The van der Waals surface area contributed by atoms with Crippen molar-refractivity contribution in [1.82, 2.24) is 0 Å². The summed E-state index contributed by atoms with van der Waals surface area (Å²) in [6.45, 7) is 5.89. The topological polar surface area (TPSA) is 0 Å². The molecule has 28 heavy (non-hydrogen) atoms. The Balaban J connectivity index is 3.62. The van der Waals surface area contributed by atoms with Crippen molar-refractivity contribution in [2.75, 3.05) is 0 Å². The highest BCUT2D eigenvalue weighted by atomic mass is 14.0. The minimum atomic E-state index is 1.20. The van der Waals surface area contributed by atoms with E-state index in [0.29, 0.717) is 0 Å². The third-order valence-corrected chi connectivity index (χ3v) is 4.05. The fourth-order valence-corrected chi connectivity index (χ4v) is 2.48. The minimum absolute atomic E-state index is 1.20. The van der Waals surface area contributed by atoms with E-state index in [1.54, 1.807) is 6.08 Å². The van der Waals surface area contributed by atoms with Gasteiger partial charge in [0, 0.05) is 0 Å². The first kappa shape index (κ1) is 25.7. The maximum Gasteiger partial charge on any atom is -0.0348 e. The maximum atomic E-state index is 3.62. The lowest BCUT2D eigenvalue weighted by atomic mass is 10.1. The summed E-state index contributed by atoms with van der Waals surface area (Å²) in [7, 11) is 0. The summed E-state index contributed by atoms with van der Waals surface area (Å²) in [5.41, 5.74) is 0. The molecule has 0 saturated carbocycles. The third kappa shape index (κ3) is 23.7. The molecule has 0 N–H and O–H groups in total. The molecule has 0 radical (unpaired) electrons. The molecule has 0 fully saturated rings. The molecule has 0 aliphatic rings. The fraction of sp³-hybridized carbons (Fsp3) is 0.357. The average Bonchev–Trinajstić information content (AvgIpc) is 2.71. The van der Waals surface area contributed by atoms with E-state index < -0.39 is 0 Å². The minimum Gasteiger partial charge on any atom is -0.0991 e. The van der Waals surface area contributed by atoms with Crippen LogP contribution in [0.1, 0.15) is 64.7 Å². The van der Waals surface area contributed by atoms with Gasteiger partial charge in [0.15, 0.2) is 0 Å². The van der Waals surface area contributed by atoms with Gasteiger partial charge >= 0.3 is 0 Å². The van der Waals surface area contributed by atoms with Gasteiger partial charge in [-0.3, -0.25) is 0 Å². The van der Waals surface area contributed by atoms with Crippen LogP contribution in [0.5, 0.6) is 0 Å². The van der Waals surface area contributed by atoms with Crippen molar-refractivity contribution in [3.63, 3.8) is 0 Å². The van der Waals surface area contributed by atoms with Gasteiger partial charge in [-0.1, -0.05) is 162 Å². The molecule has 0 aliphatic carbocycles. The zero-order valence-electron chi connectivity index (χ0n) is 17.9. The first-order valence-electron chi connectivity index (χ1n) is 10.9. The summed E-state index contributed by atoms with van der Waals surface area (Å²) in [6.07, 6.45) is 46.6. The quantitative estimate of drug-likeness (QED) is 0.175. The molecular formula is C28H40. The molecule has 0 aromatic heterocycles. The molecule has 0 heterocycles. The standard InChI is InChI=1S/C28H40/c1-3-5-7-9-11-13-15-17-19-21-23-25-27-28-26-24-22-20-18-16-14-12-10-8-6-4-2/h3,5,7,9,11,13,15,17,19,21-28H,1,4,6,8,10,12,14,16,18,20H2,2H3/b7-5+,11-9+,15-13+,19-17+,23-21+,24-22+,27-25+,28-26+. The summed E-state index contributed by atoms with van der Waals surface area (Å²) in [5.74, 6) is 0. The second kappa shape index (κ2) is 24.7. The van der Waals surface area contributed by atoms with E-state index >= 15 is 0 Å². The van der Waals surface area contributed by atoms with Crippen LogP contribution in [0.3, 0.4) is 0 Å². The molecule has 0 heteroatoms. The van der Waals surface area contributed by atoms with Crippen molar-refractivity contribution >= 4 is 0 Å². The van der Waals surface area contributed by atoms with Crippen molar-refractivity contribution < 1.29 is 0 Å². The van der Waals surface area contributed by atoms with E-state index in [4.69, 9.17) is 0 Å². The Bertz CT molecular complexity index is 559. The predicted molar refractivity (Wildman–Crippen MR) is 131 cm³/mol. The first-order valence-corrected chi connectivity index (χ1v) is 10.9. The summed E-state index contributed by atoms with van der Waals surface area (Å²) in [4.78, 5) is 0. The third-order valence-electron chi connectivity index (χ3n) is 4.05. The molecule has 0 saturated heterocycles. The maximum absolute atomic E-state index is 3.62. The van der Waals surface area contributed by atoms with E-state index in [2.05, 4.69) is 43.9 Å². The molecule has 0 bridgehead atoms. The van der Waals surface area contributed by atoms with Crippen LogP contribution in [-0.2, 0) is 0 Å². The van der Waals surface area contributed by atoms with Crippen LogP contribution < -0.4 is 0 Å². The molecule has 0 aliphatic heterocycles. The van der Waals surface area contributed by atoms with Gasteiger partial charge in [-0.15, -0.1) is 0 Å². The summed E-state index contributed by atoms with van der Waals surface area (Å²) >= 11 is 0. The van der Waals surface area contributed by atoms with Crippen molar-refractivity contribution in [3.8, 4) is 0 Å². The summed E-state index contributed by atoms with van der Waals surface area (Å²) < 4.78 is 0. The number of hydrogen-bond acceptors (Lipinski definition) is 0. The van der Waals surface area contributed by atoms with Crippen LogP contribution in [0, 0.1) is 0 Å². The van der Waals surface area contributed by atoms with Crippen molar-refractivity contribution in [3.05, 3.63) is 110 Å². The van der Waals surface area contributed by atoms with Crippen LogP contribution in [0.15, 0.2) is 110 Å². The largest absolute Gasteiger partial charge is 0.0991 e. The zero-order chi connectivity index (χ0) is 20.4. The van der Waals surface area contributed by atoms with Gasteiger partial charge in [-0.05, 0) is 12.8 Å². The Morgan fingerprint density at radius 2 is 0.786 bits per heavy atom. The van der Waals surface area contributed by atoms with Gasteiger partial charge in [0.05, 0.1) is 0 Å². The monoisotopic (exact) mass is 376 g/mol. The van der Waals surface area contributed by atoms with Crippen molar-refractivity contribution in [2.45, 2.75) is 64.7 Å². The van der Waals surface area contributed by atoms with E-state index in [9.17, 15) is 0 Å². The molecule has 0 aromatic carbocycles. The lowest BCUT2D eigenvalue weighted by molar-refractivity contribution is 0.577. The Morgan fingerprint density at radius 1 is 0.429 bits per heavy atom. The molecule has 0 amide bonds. The van der Waals surface area contributed by atoms with Crippen LogP contribution in [0.25, 0.3) is 0 Å². The molecule has 152 valence electrons. The summed E-state index contributed by atoms with van der Waals surface area (Å²) in [6, 6.07) is 0. The number of rotatable bonds is 17. The Kier molecular flexibility index (Phi) is 22.6.